The van der Waals surface area contributed by atoms with Gasteiger partial charge in [0.05, 0.1) is 27.0 Å². The summed E-state index contributed by atoms with van der Waals surface area (Å²) in [5, 5.41) is 10.9. The van der Waals surface area contributed by atoms with Crippen molar-refractivity contribution in [2.24, 2.45) is 0 Å². The maximum atomic E-state index is 13.9. The molecule has 1 aromatic carbocycles. The highest BCUT2D eigenvalue weighted by atomic mass is 79.9. The Kier molecular flexibility index (Phi) is 3.46. The van der Waals surface area contributed by atoms with E-state index in [-0.39, 0.29) is 16.5 Å². The minimum atomic E-state index is -1.29. The van der Waals surface area contributed by atoms with Crippen LogP contribution in [0.3, 0.4) is 0 Å². The molecule has 0 aliphatic rings. The van der Waals surface area contributed by atoms with Crippen molar-refractivity contribution in [3.8, 4) is 10.6 Å². The van der Waals surface area contributed by atoms with E-state index in [1.807, 2.05) is 5.38 Å². The van der Waals surface area contributed by atoms with Gasteiger partial charge in [0.1, 0.15) is 11.6 Å². The van der Waals surface area contributed by atoms with Crippen molar-refractivity contribution in [2.45, 2.75) is 0 Å². The standard InChI is InChI=1S/C14H6BrF2NO2S/c15-6-1-12(21-5-6)10-4-8(14(19)20)13-9(17)2-7(16)3-11(13)18-10/h1-5H,(H,19,20). The Morgan fingerprint density at radius 2 is 2.00 bits per heavy atom. The maximum absolute atomic E-state index is 13.9. The Morgan fingerprint density at radius 3 is 2.62 bits per heavy atom. The van der Waals surface area contributed by atoms with E-state index in [9.17, 15) is 18.7 Å². The van der Waals surface area contributed by atoms with Gasteiger partial charge < -0.3 is 5.11 Å². The molecule has 3 aromatic rings. The Morgan fingerprint density at radius 1 is 1.24 bits per heavy atom. The number of carbonyl (C=O) groups is 1. The van der Waals surface area contributed by atoms with Crippen molar-refractivity contribution in [3.05, 3.63) is 51.3 Å². The first-order valence-electron chi connectivity index (χ1n) is 5.73. The number of benzene rings is 1. The van der Waals surface area contributed by atoms with E-state index in [4.69, 9.17) is 0 Å². The molecule has 0 saturated carbocycles. The minimum absolute atomic E-state index is 0.0214. The second-order valence-corrected chi connectivity index (χ2v) is 6.10. The average Bonchev–Trinajstić information content (AvgIpc) is 2.83. The lowest BCUT2D eigenvalue weighted by molar-refractivity contribution is 0.0698. The summed E-state index contributed by atoms with van der Waals surface area (Å²) in [7, 11) is 0. The molecule has 0 bridgehead atoms. The van der Waals surface area contributed by atoms with Crippen LogP contribution < -0.4 is 0 Å². The predicted octanol–water partition coefficient (Wildman–Crippen LogP) is 4.70. The summed E-state index contributed by atoms with van der Waals surface area (Å²) in [6, 6.07) is 4.74. The van der Waals surface area contributed by atoms with Gasteiger partial charge in [0.25, 0.3) is 0 Å². The molecule has 0 aliphatic carbocycles. The molecule has 0 saturated heterocycles. The molecule has 0 atom stereocenters. The molecule has 2 aromatic heterocycles. The summed E-state index contributed by atoms with van der Waals surface area (Å²) in [6.07, 6.45) is 0. The molecular formula is C14H6BrF2NO2S. The van der Waals surface area contributed by atoms with Gasteiger partial charge in [-0.1, -0.05) is 0 Å². The summed E-state index contributed by atoms with van der Waals surface area (Å²) in [5.74, 6) is -3.02. The quantitative estimate of drug-likeness (QED) is 0.711. The molecule has 21 heavy (non-hydrogen) atoms. The topological polar surface area (TPSA) is 50.2 Å². The van der Waals surface area contributed by atoms with Crippen molar-refractivity contribution >= 4 is 44.1 Å². The van der Waals surface area contributed by atoms with E-state index in [1.54, 1.807) is 6.07 Å². The predicted molar refractivity (Wildman–Crippen MR) is 79.6 cm³/mol. The smallest absolute Gasteiger partial charge is 0.336 e. The summed E-state index contributed by atoms with van der Waals surface area (Å²) in [4.78, 5) is 16.2. The fraction of sp³-hybridized carbons (Fsp3) is 0. The van der Waals surface area contributed by atoms with Gasteiger partial charge in [0.15, 0.2) is 0 Å². The van der Waals surface area contributed by atoms with E-state index in [1.165, 1.54) is 17.4 Å². The van der Waals surface area contributed by atoms with Crippen molar-refractivity contribution in [2.75, 3.05) is 0 Å². The average molecular weight is 370 g/mol. The Balaban J connectivity index is 2.37. The number of fused-ring (bicyclic) bond motifs is 1. The third-order valence-electron chi connectivity index (χ3n) is 2.88. The van der Waals surface area contributed by atoms with Gasteiger partial charge in [0.2, 0.25) is 0 Å². The van der Waals surface area contributed by atoms with E-state index in [0.29, 0.717) is 16.6 Å². The number of thiophene rings is 1. The van der Waals surface area contributed by atoms with Crippen LogP contribution in [0.4, 0.5) is 8.78 Å². The van der Waals surface area contributed by atoms with Crippen LogP contribution in [0, 0.1) is 11.6 Å². The van der Waals surface area contributed by atoms with Crippen LogP contribution >= 0.6 is 27.3 Å². The summed E-state index contributed by atoms with van der Waals surface area (Å²) in [6.45, 7) is 0. The summed E-state index contributed by atoms with van der Waals surface area (Å²) in [5.41, 5.74) is 0.101. The first-order chi connectivity index (χ1) is 9.95. The molecule has 7 heteroatoms. The zero-order chi connectivity index (χ0) is 15.1. The molecule has 0 radical (unpaired) electrons. The number of rotatable bonds is 2. The van der Waals surface area contributed by atoms with Gasteiger partial charge in [-0.2, -0.15) is 0 Å². The molecule has 3 nitrogen and oxygen atoms in total. The Bertz CT molecular complexity index is 879. The van der Waals surface area contributed by atoms with Crippen LogP contribution in [0.2, 0.25) is 0 Å². The molecule has 0 unspecified atom stereocenters. The second kappa shape index (κ2) is 5.16. The van der Waals surface area contributed by atoms with Gasteiger partial charge >= 0.3 is 5.97 Å². The number of hydrogen-bond acceptors (Lipinski definition) is 3. The molecule has 3 rings (SSSR count). The molecule has 0 aliphatic heterocycles. The van der Waals surface area contributed by atoms with Crippen molar-refractivity contribution in [3.63, 3.8) is 0 Å². The SMILES string of the molecule is O=C(O)c1cc(-c2cc(Br)cs2)nc2cc(F)cc(F)c12. The normalized spacial score (nSPS) is 11.0. The number of halogens is 3. The number of aromatic nitrogens is 1. The fourth-order valence-electron chi connectivity index (χ4n) is 2.03. The van der Waals surface area contributed by atoms with Crippen LogP contribution in [0.5, 0.6) is 0 Å². The number of carboxylic acid groups (broad SMARTS) is 1. The largest absolute Gasteiger partial charge is 0.478 e. The molecule has 0 fully saturated rings. The van der Waals surface area contributed by atoms with E-state index in [2.05, 4.69) is 20.9 Å². The van der Waals surface area contributed by atoms with Gasteiger partial charge in [-0.05, 0) is 28.1 Å². The Labute approximate surface area is 130 Å². The monoisotopic (exact) mass is 369 g/mol. The molecule has 0 amide bonds. The highest BCUT2D eigenvalue weighted by Crippen LogP contribution is 2.32. The number of hydrogen-bond donors (Lipinski definition) is 1. The number of carboxylic acids is 1. The van der Waals surface area contributed by atoms with Gasteiger partial charge in [-0.25, -0.2) is 18.6 Å². The highest BCUT2D eigenvalue weighted by molar-refractivity contribution is 9.10. The lowest BCUT2D eigenvalue weighted by Crippen LogP contribution is -2.02. The van der Waals surface area contributed by atoms with Gasteiger partial charge in [-0.3, -0.25) is 0 Å². The second-order valence-electron chi connectivity index (χ2n) is 4.27. The van der Waals surface area contributed by atoms with Crippen molar-refractivity contribution in [1.82, 2.24) is 4.98 Å². The lowest BCUT2D eigenvalue weighted by Gasteiger charge is -2.07. The first kappa shape index (κ1) is 14.1. The third kappa shape index (κ3) is 2.54. The van der Waals surface area contributed by atoms with Crippen LogP contribution in [0.25, 0.3) is 21.5 Å². The molecule has 0 spiro atoms. The Hall–Kier alpha value is -1.86. The number of pyridine rings is 1. The van der Waals surface area contributed by atoms with Crippen molar-refractivity contribution in [1.29, 1.82) is 0 Å². The number of nitrogens with zero attached hydrogens (tertiary/aromatic N) is 1. The minimum Gasteiger partial charge on any atom is -0.478 e. The van der Waals surface area contributed by atoms with Crippen LogP contribution in [0.15, 0.2) is 34.1 Å². The third-order valence-corrected chi connectivity index (χ3v) is 4.59. The van der Waals surface area contributed by atoms with E-state index < -0.39 is 17.6 Å². The highest BCUT2D eigenvalue weighted by Gasteiger charge is 2.18. The summed E-state index contributed by atoms with van der Waals surface area (Å²) < 4.78 is 28.0. The fourth-order valence-corrected chi connectivity index (χ4v) is 3.42. The van der Waals surface area contributed by atoms with Crippen LogP contribution in [0.1, 0.15) is 10.4 Å². The number of aromatic carboxylic acids is 1. The molecule has 1 N–H and O–H groups in total. The van der Waals surface area contributed by atoms with E-state index >= 15 is 0 Å². The van der Waals surface area contributed by atoms with Crippen LogP contribution in [-0.2, 0) is 0 Å². The molecule has 106 valence electrons. The zero-order valence-electron chi connectivity index (χ0n) is 10.2. The van der Waals surface area contributed by atoms with Crippen molar-refractivity contribution < 1.29 is 18.7 Å². The summed E-state index contributed by atoms with van der Waals surface area (Å²) >= 11 is 4.65. The molecule has 2 heterocycles. The maximum Gasteiger partial charge on any atom is 0.336 e. The molecular weight excluding hydrogens is 364 g/mol. The van der Waals surface area contributed by atoms with E-state index in [0.717, 1.165) is 10.5 Å². The van der Waals surface area contributed by atoms with Gasteiger partial charge in [-0.15, -0.1) is 11.3 Å². The first-order valence-corrected chi connectivity index (χ1v) is 7.40. The zero-order valence-corrected chi connectivity index (χ0v) is 12.6. The van der Waals surface area contributed by atoms with Gasteiger partial charge in [0, 0.05) is 22.0 Å². The van der Waals surface area contributed by atoms with Crippen LogP contribution in [-0.4, -0.2) is 16.1 Å². The lowest BCUT2D eigenvalue weighted by atomic mass is 10.1.